The van der Waals surface area contributed by atoms with Crippen LogP contribution in [-0.2, 0) is 0 Å². The highest BCUT2D eigenvalue weighted by atomic mass is 16.3. The van der Waals surface area contributed by atoms with E-state index in [0.717, 1.165) is 24.9 Å². The third kappa shape index (κ3) is 2.42. The summed E-state index contributed by atoms with van der Waals surface area (Å²) >= 11 is 0. The normalized spacial score (nSPS) is 20.8. The van der Waals surface area contributed by atoms with Gasteiger partial charge in [0.05, 0.1) is 0 Å². The van der Waals surface area contributed by atoms with Crippen LogP contribution in [0.5, 0.6) is 0 Å². The first-order valence-corrected chi connectivity index (χ1v) is 5.76. The zero-order chi connectivity index (χ0) is 11.4. The summed E-state index contributed by atoms with van der Waals surface area (Å²) in [6.07, 6.45) is 2.01. The van der Waals surface area contributed by atoms with E-state index < -0.39 is 0 Å². The molecule has 1 aromatic rings. The molecule has 3 nitrogen and oxygen atoms in total. The van der Waals surface area contributed by atoms with E-state index in [1.165, 1.54) is 0 Å². The molecular weight excluding hydrogens is 202 g/mol. The Morgan fingerprint density at radius 1 is 1.38 bits per heavy atom. The minimum absolute atomic E-state index is 0.0822. The van der Waals surface area contributed by atoms with E-state index in [-0.39, 0.29) is 18.4 Å². The maximum atomic E-state index is 12.1. The lowest BCUT2D eigenvalue weighted by Crippen LogP contribution is -2.40. The predicted molar refractivity (Wildman–Crippen MR) is 62.2 cm³/mol. The Labute approximate surface area is 95.7 Å². The third-order valence-electron chi connectivity index (χ3n) is 3.09. The summed E-state index contributed by atoms with van der Waals surface area (Å²) in [5.74, 6) is 0.333. The number of rotatable bonds is 2. The lowest BCUT2D eigenvalue weighted by atomic mass is 9.98. The zero-order valence-corrected chi connectivity index (χ0v) is 9.30. The molecule has 1 amide bonds. The van der Waals surface area contributed by atoms with Crippen LogP contribution in [0, 0.1) is 5.92 Å². The largest absolute Gasteiger partial charge is 0.396 e. The smallest absolute Gasteiger partial charge is 0.253 e. The van der Waals surface area contributed by atoms with Crippen LogP contribution in [0.4, 0.5) is 0 Å². The van der Waals surface area contributed by atoms with E-state index in [1.807, 2.05) is 35.2 Å². The van der Waals surface area contributed by atoms with Crippen LogP contribution in [0.15, 0.2) is 30.3 Å². The first-order valence-electron chi connectivity index (χ1n) is 5.76. The topological polar surface area (TPSA) is 40.5 Å². The van der Waals surface area contributed by atoms with Crippen molar-refractivity contribution in [3.8, 4) is 0 Å². The molecule has 1 aliphatic heterocycles. The predicted octanol–water partition coefficient (Wildman–Crippen LogP) is 1.53. The van der Waals surface area contributed by atoms with Gasteiger partial charge < -0.3 is 10.0 Å². The second kappa shape index (κ2) is 5.12. The highest BCUT2D eigenvalue weighted by Gasteiger charge is 2.23. The molecule has 16 heavy (non-hydrogen) atoms. The van der Waals surface area contributed by atoms with Gasteiger partial charge in [0.2, 0.25) is 0 Å². The molecule has 0 aromatic heterocycles. The number of hydrogen-bond donors (Lipinski definition) is 1. The van der Waals surface area contributed by atoms with Gasteiger partial charge in [-0.2, -0.15) is 0 Å². The number of benzene rings is 1. The molecule has 1 aromatic carbocycles. The fraction of sp³-hybridized carbons (Fsp3) is 0.462. The molecule has 1 aliphatic rings. The number of piperidine rings is 1. The number of carbonyl (C=O) groups excluding carboxylic acids is 1. The molecule has 1 saturated heterocycles. The fourth-order valence-corrected chi connectivity index (χ4v) is 2.16. The Balaban J connectivity index is 2.05. The molecule has 2 rings (SSSR count). The van der Waals surface area contributed by atoms with Crippen molar-refractivity contribution in [1.29, 1.82) is 0 Å². The van der Waals surface area contributed by atoms with Crippen molar-refractivity contribution in [3.05, 3.63) is 35.9 Å². The molecule has 1 heterocycles. The van der Waals surface area contributed by atoms with Crippen LogP contribution in [-0.4, -0.2) is 35.6 Å². The molecule has 86 valence electrons. The summed E-state index contributed by atoms with van der Waals surface area (Å²) in [7, 11) is 0. The summed E-state index contributed by atoms with van der Waals surface area (Å²) in [6, 6.07) is 9.33. The van der Waals surface area contributed by atoms with E-state index in [2.05, 4.69) is 0 Å². The SMILES string of the molecule is O=C(c1ccccc1)N1CCCC(CO)C1. The maximum Gasteiger partial charge on any atom is 0.253 e. The molecule has 1 unspecified atom stereocenters. The van der Waals surface area contributed by atoms with Gasteiger partial charge >= 0.3 is 0 Å². The molecule has 1 N–H and O–H groups in total. The Bertz CT molecular complexity index is 350. The minimum Gasteiger partial charge on any atom is -0.396 e. The Kier molecular flexibility index (Phi) is 3.57. The van der Waals surface area contributed by atoms with Crippen LogP contribution in [0.25, 0.3) is 0 Å². The van der Waals surface area contributed by atoms with Gasteiger partial charge in [-0.1, -0.05) is 18.2 Å². The van der Waals surface area contributed by atoms with Crippen LogP contribution < -0.4 is 0 Å². The molecular formula is C13H17NO2. The maximum absolute atomic E-state index is 12.1. The Morgan fingerprint density at radius 3 is 2.81 bits per heavy atom. The van der Waals surface area contributed by atoms with E-state index in [9.17, 15) is 4.79 Å². The second-order valence-corrected chi connectivity index (χ2v) is 4.31. The highest BCUT2D eigenvalue weighted by Crippen LogP contribution is 2.17. The lowest BCUT2D eigenvalue weighted by molar-refractivity contribution is 0.0620. The van der Waals surface area contributed by atoms with Gasteiger partial charge in [-0.05, 0) is 30.9 Å². The first kappa shape index (κ1) is 11.1. The molecule has 0 radical (unpaired) electrons. The van der Waals surface area contributed by atoms with Crippen molar-refractivity contribution in [2.45, 2.75) is 12.8 Å². The fourth-order valence-electron chi connectivity index (χ4n) is 2.16. The molecule has 1 atom stereocenters. The molecule has 0 aliphatic carbocycles. The van der Waals surface area contributed by atoms with Gasteiger partial charge in [-0.3, -0.25) is 4.79 Å². The second-order valence-electron chi connectivity index (χ2n) is 4.31. The van der Waals surface area contributed by atoms with Crippen molar-refractivity contribution >= 4 is 5.91 Å². The summed E-state index contributed by atoms with van der Waals surface area (Å²) in [5, 5.41) is 9.12. The van der Waals surface area contributed by atoms with Crippen LogP contribution in [0.3, 0.4) is 0 Å². The van der Waals surface area contributed by atoms with Crippen LogP contribution in [0.2, 0.25) is 0 Å². The third-order valence-corrected chi connectivity index (χ3v) is 3.09. The first-order chi connectivity index (χ1) is 7.81. The van der Waals surface area contributed by atoms with Crippen molar-refractivity contribution in [2.24, 2.45) is 5.92 Å². The van der Waals surface area contributed by atoms with Gasteiger partial charge in [-0.25, -0.2) is 0 Å². The van der Waals surface area contributed by atoms with Gasteiger partial charge in [-0.15, -0.1) is 0 Å². The number of amides is 1. The number of hydrogen-bond acceptors (Lipinski definition) is 2. The Morgan fingerprint density at radius 2 is 2.12 bits per heavy atom. The average Bonchev–Trinajstić information content (AvgIpc) is 2.39. The van der Waals surface area contributed by atoms with Crippen LogP contribution in [0.1, 0.15) is 23.2 Å². The van der Waals surface area contributed by atoms with Crippen molar-refractivity contribution < 1.29 is 9.90 Å². The van der Waals surface area contributed by atoms with Gasteiger partial charge in [0.15, 0.2) is 0 Å². The zero-order valence-electron chi connectivity index (χ0n) is 9.30. The number of aliphatic hydroxyl groups is 1. The van der Waals surface area contributed by atoms with E-state index in [0.29, 0.717) is 6.54 Å². The summed E-state index contributed by atoms with van der Waals surface area (Å²) < 4.78 is 0. The molecule has 0 bridgehead atoms. The number of aliphatic hydroxyl groups excluding tert-OH is 1. The van der Waals surface area contributed by atoms with Gasteiger partial charge in [0.25, 0.3) is 5.91 Å². The van der Waals surface area contributed by atoms with Crippen LogP contribution >= 0.6 is 0 Å². The lowest BCUT2D eigenvalue weighted by Gasteiger charge is -2.31. The van der Waals surface area contributed by atoms with E-state index in [4.69, 9.17) is 5.11 Å². The average molecular weight is 219 g/mol. The quantitative estimate of drug-likeness (QED) is 0.819. The van der Waals surface area contributed by atoms with E-state index >= 15 is 0 Å². The van der Waals surface area contributed by atoms with Crippen molar-refractivity contribution in [1.82, 2.24) is 4.90 Å². The monoisotopic (exact) mass is 219 g/mol. The minimum atomic E-state index is 0.0822. The van der Waals surface area contributed by atoms with Crippen molar-refractivity contribution in [2.75, 3.05) is 19.7 Å². The molecule has 1 fully saturated rings. The molecule has 3 heteroatoms. The standard InChI is InChI=1S/C13H17NO2/c15-10-11-5-4-8-14(9-11)13(16)12-6-2-1-3-7-12/h1-3,6-7,11,15H,4-5,8-10H2. The highest BCUT2D eigenvalue weighted by molar-refractivity contribution is 5.94. The van der Waals surface area contributed by atoms with E-state index in [1.54, 1.807) is 0 Å². The number of likely N-dealkylation sites (tertiary alicyclic amines) is 1. The summed E-state index contributed by atoms with van der Waals surface area (Å²) in [5.41, 5.74) is 0.737. The molecule has 0 saturated carbocycles. The summed E-state index contributed by atoms with van der Waals surface area (Å²) in [6.45, 7) is 1.67. The molecule has 0 spiro atoms. The van der Waals surface area contributed by atoms with Gasteiger partial charge in [0, 0.05) is 25.3 Å². The number of nitrogens with zero attached hydrogens (tertiary/aromatic N) is 1. The van der Waals surface area contributed by atoms with Gasteiger partial charge in [0.1, 0.15) is 0 Å². The number of carbonyl (C=O) groups is 1. The van der Waals surface area contributed by atoms with Crippen molar-refractivity contribution in [3.63, 3.8) is 0 Å². The Hall–Kier alpha value is -1.35. The summed E-state index contributed by atoms with van der Waals surface area (Å²) in [4.78, 5) is 14.0.